The lowest BCUT2D eigenvalue weighted by atomic mass is 10.0. The van der Waals surface area contributed by atoms with Crippen LogP contribution in [0.25, 0.3) is 33.6 Å². The second kappa shape index (κ2) is 19.6. The Morgan fingerprint density at radius 3 is 1.67 bits per heavy atom. The standard InChI is InChI=1S/C49H58N10O8/c1-28(2)41(54-47(62)66-6)45(60)58-20-8-9-39(58)43-50-22-37(52-43)32-14-10-30(11-15-32)31-12-16-33(17-13-31)38-23-51-44(53-38)40-26-57(27-59(40)46(61)42(29(3)4)55-48(63)67-7)49(64)56-24-34-18-19-36(65-5)21-35(34)25-56/h10-19,21-23,28-29,39-42H,8-9,20,24-27H2,1-7H3,(H,50,52)(H,51,53)(H,54,62)(H,55,63)/t39-,40-,41?,42-/m0/s1. The molecule has 18 heteroatoms. The van der Waals surface area contributed by atoms with Gasteiger partial charge >= 0.3 is 18.2 Å². The van der Waals surface area contributed by atoms with Crippen molar-refractivity contribution < 1.29 is 38.2 Å². The Balaban J connectivity index is 0.959. The van der Waals surface area contributed by atoms with Crippen LogP contribution < -0.4 is 15.4 Å². The zero-order valence-corrected chi connectivity index (χ0v) is 38.9. The quantitative estimate of drug-likeness (QED) is 0.102. The number of hydrogen-bond donors (Lipinski definition) is 4. The minimum atomic E-state index is -0.900. The lowest BCUT2D eigenvalue weighted by molar-refractivity contribution is -0.136. The molecule has 352 valence electrons. The molecule has 0 spiro atoms. The number of amides is 6. The van der Waals surface area contributed by atoms with Crippen molar-refractivity contribution in [3.63, 3.8) is 0 Å². The lowest BCUT2D eigenvalue weighted by Gasteiger charge is -2.29. The highest BCUT2D eigenvalue weighted by Crippen LogP contribution is 2.36. The van der Waals surface area contributed by atoms with E-state index >= 15 is 0 Å². The van der Waals surface area contributed by atoms with E-state index in [1.165, 1.54) is 14.2 Å². The number of urea groups is 1. The summed E-state index contributed by atoms with van der Waals surface area (Å²) in [5.41, 5.74) is 7.26. The van der Waals surface area contributed by atoms with Crippen LogP contribution in [0.15, 0.2) is 79.1 Å². The number of aromatic amines is 2. The minimum Gasteiger partial charge on any atom is -0.497 e. The first kappa shape index (κ1) is 46.2. The second-order valence-electron chi connectivity index (χ2n) is 17.9. The molecule has 4 N–H and O–H groups in total. The van der Waals surface area contributed by atoms with Gasteiger partial charge in [-0.05, 0) is 59.1 Å². The van der Waals surface area contributed by atoms with E-state index in [1.807, 2.05) is 101 Å². The van der Waals surface area contributed by atoms with E-state index in [1.54, 1.807) is 32.9 Å². The van der Waals surface area contributed by atoms with Gasteiger partial charge in [-0.25, -0.2) is 24.4 Å². The summed E-state index contributed by atoms with van der Waals surface area (Å²) in [7, 11) is 4.14. The van der Waals surface area contributed by atoms with Crippen molar-refractivity contribution in [2.24, 2.45) is 11.8 Å². The zero-order valence-electron chi connectivity index (χ0n) is 38.9. The third kappa shape index (κ3) is 9.64. The molecule has 2 fully saturated rings. The number of ether oxygens (including phenoxy) is 3. The topological polar surface area (TPSA) is 207 Å². The molecule has 18 nitrogen and oxygen atoms in total. The number of carbonyl (C=O) groups excluding carboxylic acids is 5. The Kier molecular flexibility index (Phi) is 13.5. The van der Waals surface area contributed by atoms with Crippen molar-refractivity contribution >= 4 is 30.0 Å². The fraction of sp³-hybridized carbons (Fsp3) is 0.408. The second-order valence-corrected chi connectivity index (χ2v) is 17.9. The zero-order chi connectivity index (χ0) is 47.5. The number of hydrogen-bond acceptors (Lipinski definition) is 10. The van der Waals surface area contributed by atoms with Crippen molar-refractivity contribution in [2.45, 2.75) is 77.8 Å². The van der Waals surface area contributed by atoms with Crippen LogP contribution in [0.4, 0.5) is 14.4 Å². The smallest absolute Gasteiger partial charge is 0.407 e. The highest BCUT2D eigenvalue weighted by molar-refractivity contribution is 5.88. The van der Waals surface area contributed by atoms with Gasteiger partial charge in [0.1, 0.15) is 35.5 Å². The van der Waals surface area contributed by atoms with Crippen LogP contribution in [-0.2, 0) is 32.2 Å². The molecule has 67 heavy (non-hydrogen) atoms. The molecule has 5 aromatic rings. The van der Waals surface area contributed by atoms with Crippen molar-refractivity contribution in [3.8, 4) is 39.4 Å². The molecule has 1 unspecified atom stereocenters. The predicted molar refractivity (Wildman–Crippen MR) is 248 cm³/mol. The number of benzene rings is 3. The molecule has 3 aliphatic rings. The van der Waals surface area contributed by atoms with Crippen LogP contribution in [-0.4, -0.2) is 123 Å². The van der Waals surface area contributed by atoms with Crippen molar-refractivity contribution in [1.82, 2.24) is 50.2 Å². The molecule has 2 aromatic heterocycles. The largest absolute Gasteiger partial charge is 0.497 e. The Hall–Kier alpha value is -7.37. The Labute approximate surface area is 389 Å². The maximum absolute atomic E-state index is 14.3. The van der Waals surface area contributed by atoms with E-state index in [-0.39, 0.29) is 48.9 Å². The summed E-state index contributed by atoms with van der Waals surface area (Å²) in [5, 5.41) is 5.38. The molecular weight excluding hydrogens is 857 g/mol. The average molecular weight is 915 g/mol. The van der Waals surface area contributed by atoms with E-state index in [0.717, 1.165) is 57.7 Å². The molecule has 8 rings (SSSR count). The van der Waals surface area contributed by atoms with Gasteiger partial charge < -0.3 is 54.4 Å². The number of alkyl carbamates (subject to hydrolysis) is 2. The van der Waals surface area contributed by atoms with Crippen LogP contribution >= 0.6 is 0 Å². The van der Waals surface area contributed by atoms with E-state index in [4.69, 9.17) is 24.2 Å². The van der Waals surface area contributed by atoms with E-state index < -0.39 is 30.3 Å². The molecule has 3 aliphatic heterocycles. The average Bonchev–Trinajstić information content (AvgIpc) is 4.21. The van der Waals surface area contributed by atoms with Gasteiger partial charge in [-0.15, -0.1) is 0 Å². The van der Waals surface area contributed by atoms with E-state index in [9.17, 15) is 24.0 Å². The number of nitrogens with one attached hydrogen (secondary N) is 4. The SMILES string of the molecule is COC(=O)NC(C(=O)N1CCC[C@H]1c1nc(-c2ccc(-c3ccc(-c4c[nH]c([C@@H]5CN(C(=O)N6Cc7ccc(OC)cc7C6)CN5C(=O)[C@@H](NC(=O)OC)C(C)C)n4)cc3)cc2)c[nH]1)C(C)C. The van der Waals surface area contributed by atoms with Gasteiger partial charge in [0.05, 0.1) is 52.0 Å². The molecule has 0 radical (unpaired) electrons. The van der Waals surface area contributed by atoms with Gasteiger partial charge in [0.2, 0.25) is 11.8 Å². The molecule has 2 saturated heterocycles. The number of nitrogens with zero attached hydrogens (tertiary/aromatic N) is 6. The molecule has 4 atom stereocenters. The third-order valence-corrected chi connectivity index (χ3v) is 12.9. The predicted octanol–water partition coefficient (Wildman–Crippen LogP) is 6.85. The molecule has 0 aliphatic carbocycles. The number of fused-ring (bicyclic) bond motifs is 1. The Bertz CT molecular complexity index is 2610. The molecular formula is C49H58N10O8. The summed E-state index contributed by atoms with van der Waals surface area (Å²) in [6, 6.07) is 19.3. The van der Waals surface area contributed by atoms with Crippen LogP contribution in [0.1, 0.15) is 75.4 Å². The van der Waals surface area contributed by atoms with Crippen LogP contribution in [0.5, 0.6) is 5.75 Å². The van der Waals surface area contributed by atoms with Crippen molar-refractivity contribution in [1.29, 1.82) is 0 Å². The van der Waals surface area contributed by atoms with Crippen molar-refractivity contribution in [2.75, 3.05) is 41.1 Å². The molecule has 3 aromatic carbocycles. The van der Waals surface area contributed by atoms with Crippen LogP contribution in [0.2, 0.25) is 0 Å². The first-order chi connectivity index (χ1) is 32.3. The van der Waals surface area contributed by atoms with Gasteiger partial charge in [-0.3, -0.25) is 9.59 Å². The van der Waals surface area contributed by atoms with Gasteiger partial charge in [0, 0.05) is 43.2 Å². The summed E-state index contributed by atoms with van der Waals surface area (Å²) in [5.74, 6) is 1.03. The van der Waals surface area contributed by atoms with Gasteiger partial charge in [-0.1, -0.05) is 82.3 Å². The van der Waals surface area contributed by atoms with Gasteiger partial charge in [0.25, 0.3) is 0 Å². The third-order valence-electron chi connectivity index (χ3n) is 12.9. The first-order valence-electron chi connectivity index (χ1n) is 22.6. The van der Waals surface area contributed by atoms with E-state index in [2.05, 4.69) is 20.6 Å². The monoisotopic (exact) mass is 914 g/mol. The summed E-state index contributed by atoms with van der Waals surface area (Å²) >= 11 is 0. The maximum Gasteiger partial charge on any atom is 0.407 e. The number of imidazole rings is 2. The lowest BCUT2D eigenvalue weighted by Crippen LogP contribution is -2.52. The number of rotatable bonds is 12. The molecule has 6 amide bonds. The summed E-state index contributed by atoms with van der Waals surface area (Å²) in [6.45, 7) is 9.09. The molecule has 0 saturated carbocycles. The van der Waals surface area contributed by atoms with Gasteiger partial charge in [0.15, 0.2) is 0 Å². The number of H-pyrrole nitrogens is 2. The molecule has 5 heterocycles. The normalized spacial score (nSPS) is 17.7. The Morgan fingerprint density at radius 2 is 1.15 bits per heavy atom. The minimum absolute atomic E-state index is 0.00598. The Morgan fingerprint density at radius 1 is 0.642 bits per heavy atom. The van der Waals surface area contributed by atoms with Crippen LogP contribution in [0, 0.1) is 11.8 Å². The number of methoxy groups -OCH3 is 3. The highest BCUT2D eigenvalue weighted by Gasteiger charge is 2.44. The highest BCUT2D eigenvalue weighted by atomic mass is 16.5. The number of carbonyl (C=O) groups is 5. The van der Waals surface area contributed by atoms with Crippen LogP contribution in [0.3, 0.4) is 0 Å². The fourth-order valence-electron chi connectivity index (χ4n) is 9.12. The van der Waals surface area contributed by atoms with E-state index in [0.29, 0.717) is 37.0 Å². The first-order valence-corrected chi connectivity index (χ1v) is 22.6. The van der Waals surface area contributed by atoms with Gasteiger partial charge in [-0.2, -0.15) is 0 Å². The maximum atomic E-state index is 14.3. The summed E-state index contributed by atoms with van der Waals surface area (Å²) < 4.78 is 15.0. The number of likely N-dealkylation sites (tertiary alicyclic amines) is 1. The molecule has 0 bridgehead atoms. The summed E-state index contributed by atoms with van der Waals surface area (Å²) in [6.07, 6.45) is 3.88. The fourth-order valence-corrected chi connectivity index (χ4v) is 9.12. The van der Waals surface area contributed by atoms with Crippen molar-refractivity contribution in [3.05, 3.63) is 102 Å². The summed E-state index contributed by atoms with van der Waals surface area (Å²) in [4.78, 5) is 89.6. The number of aromatic nitrogens is 4.